The SMILES string of the molecule is CCc1ccc(C(=O)CCC(=O)NCCc2nnc3ccccn23)cc1. The smallest absolute Gasteiger partial charge is 0.220 e. The number of pyridine rings is 1. The molecule has 1 amide bonds. The van der Waals surface area contributed by atoms with Crippen LogP contribution in [-0.2, 0) is 17.6 Å². The summed E-state index contributed by atoms with van der Waals surface area (Å²) >= 11 is 0. The van der Waals surface area contributed by atoms with Crippen LogP contribution in [-0.4, -0.2) is 32.8 Å². The van der Waals surface area contributed by atoms with Crippen molar-refractivity contribution < 1.29 is 9.59 Å². The molecule has 1 N–H and O–H groups in total. The molecule has 6 nitrogen and oxygen atoms in total. The van der Waals surface area contributed by atoms with Crippen molar-refractivity contribution >= 4 is 17.3 Å². The van der Waals surface area contributed by atoms with Gasteiger partial charge in [-0.05, 0) is 24.1 Å². The van der Waals surface area contributed by atoms with Crippen LogP contribution in [0.25, 0.3) is 5.65 Å². The number of fused-ring (bicyclic) bond motifs is 1. The molecule has 0 saturated carbocycles. The van der Waals surface area contributed by atoms with Crippen molar-refractivity contribution in [3.05, 3.63) is 65.6 Å². The molecule has 0 spiro atoms. The average Bonchev–Trinajstić information content (AvgIpc) is 3.09. The second-order valence-electron chi connectivity index (χ2n) is 6.12. The fourth-order valence-corrected chi connectivity index (χ4v) is 2.76. The summed E-state index contributed by atoms with van der Waals surface area (Å²) in [5.41, 5.74) is 2.64. The Bertz CT molecular complexity index is 900. The van der Waals surface area contributed by atoms with Gasteiger partial charge in [-0.1, -0.05) is 37.3 Å². The summed E-state index contributed by atoms with van der Waals surface area (Å²) in [5, 5.41) is 11.0. The summed E-state index contributed by atoms with van der Waals surface area (Å²) < 4.78 is 1.90. The predicted octanol–water partition coefficient (Wildman–Crippen LogP) is 2.61. The zero-order valence-electron chi connectivity index (χ0n) is 14.8. The fourth-order valence-electron chi connectivity index (χ4n) is 2.76. The first-order chi connectivity index (χ1) is 12.7. The lowest BCUT2D eigenvalue weighted by atomic mass is 10.0. The largest absolute Gasteiger partial charge is 0.356 e. The van der Waals surface area contributed by atoms with E-state index in [9.17, 15) is 9.59 Å². The van der Waals surface area contributed by atoms with Gasteiger partial charge < -0.3 is 5.32 Å². The number of carbonyl (C=O) groups excluding carboxylic acids is 2. The Kier molecular flexibility index (Phi) is 5.73. The molecule has 1 aromatic carbocycles. The Morgan fingerprint density at radius 1 is 1.04 bits per heavy atom. The zero-order chi connectivity index (χ0) is 18.4. The molecule has 6 heteroatoms. The van der Waals surface area contributed by atoms with E-state index in [0.29, 0.717) is 18.5 Å². The molecule has 0 aliphatic carbocycles. The summed E-state index contributed by atoms with van der Waals surface area (Å²) in [5.74, 6) is 0.664. The highest BCUT2D eigenvalue weighted by molar-refractivity contribution is 5.97. The van der Waals surface area contributed by atoms with Crippen molar-refractivity contribution in [2.45, 2.75) is 32.6 Å². The van der Waals surface area contributed by atoms with Crippen molar-refractivity contribution in [2.24, 2.45) is 0 Å². The topological polar surface area (TPSA) is 76.4 Å². The van der Waals surface area contributed by atoms with Gasteiger partial charge in [-0.25, -0.2) is 0 Å². The molecule has 2 aromatic heterocycles. The van der Waals surface area contributed by atoms with Crippen molar-refractivity contribution in [1.82, 2.24) is 19.9 Å². The molecule has 134 valence electrons. The quantitative estimate of drug-likeness (QED) is 0.634. The second kappa shape index (κ2) is 8.38. The van der Waals surface area contributed by atoms with Gasteiger partial charge in [0.05, 0.1) is 0 Å². The summed E-state index contributed by atoms with van der Waals surface area (Å²) in [6.45, 7) is 2.54. The van der Waals surface area contributed by atoms with Crippen molar-refractivity contribution in [1.29, 1.82) is 0 Å². The van der Waals surface area contributed by atoms with E-state index in [-0.39, 0.29) is 24.5 Å². The van der Waals surface area contributed by atoms with Gasteiger partial charge in [0.25, 0.3) is 0 Å². The highest BCUT2D eigenvalue weighted by Gasteiger charge is 2.10. The number of nitrogens with zero attached hydrogens (tertiary/aromatic N) is 3. The van der Waals surface area contributed by atoms with E-state index in [4.69, 9.17) is 0 Å². The summed E-state index contributed by atoms with van der Waals surface area (Å²) in [7, 11) is 0. The molecule has 0 aliphatic rings. The molecule has 3 rings (SSSR count). The number of ketones is 1. The number of rotatable bonds is 8. The van der Waals surface area contributed by atoms with Gasteiger partial charge in [0.15, 0.2) is 11.4 Å². The summed E-state index contributed by atoms with van der Waals surface area (Å²) in [6.07, 6.45) is 3.83. The molecule has 0 saturated heterocycles. The Morgan fingerprint density at radius 3 is 2.62 bits per heavy atom. The number of aromatic nitrogens is 3. The number of hydrogen-bond acceptors (Lipinski definition) is 4. The van der Waals surface area contributed by atoms with E-state index in [1.54, 1.807) is 0 Å². The van der Waals surface area contributed by atoms with Crippen molar-refractivity contribution in [3.8, 4) is 0 Å². The maximum atomic E-state index is 12.2. The number of Topliss-reactive ketones (excluding diaryl/α,β-unsaturated/α-hetero) is 1. The van der Waals surface area contributed by atoms with Crippen LogP contribution in [0.5, 0.6) is 0 Å². The number of amides is 1. The summed E-state index contributed by atoms with van der Waals surface area (Å²) in [6, 6.07) is 13.3. The van der Waals surface area contributed by atoms with Crippen LogP contribution in [0.4, 0.5) is 0 Å². The Hall–Kier alpha value is -3.02. The third-order valence-electron chi connectivity index (χ3n) is 4.32. The van der Waals surface area contributed by atoms with E-state index in [2.05, 4.69) is 22.4 Å². The molecular weight excluding hydrogens is 328 g/mol. The van der Waals surface area contributed by atoms with Crippen LogP contribution in [0.1, 0.15) is 41.5 Å². The molecule has 0 bridgehead atoms. The van der Waals surface area contributed by atoms with Gasteiger partial charge in [0, 0.05) is 37.6 Å². The minimum atomic E-state index is -0.127. The Balaban J connectivity index is 1.43. The first kappa shape index (κ1) is 17.8. The Labute approximate surface area is 152 Å². The van der Waals surface area contributed by atoms with Gasteiger partial charge in [-0.15, -0.1) is 10.2 Å². The first-order valence-corrected chi connectivity index (χ1v) is 8.85. The van der Waals surface area contributed by atoms with Crippen LogP contribution < -0.4 is 5.32 Å². The second-order valence-corrected chi connectivity index (χ2v) is 6.12. The molecule has 0 unspecified atom stereocenters. The maximum Gasteiger partial charge on any atom is 0.220 e. The number of benzene rings is 1. The molecule has 26 heavy (non-hydrogen) atoms. The predicted molar refractivity (Wildman–Crippen MR) is 99.1 cm³/mol. The molecule has 0 fully saturated rings. The monoisotopic (exact) mass is 350 g/mol. The number of aryl methyl sites for hydroxylation is 1. The van der Waals surface area contributed by atoms with Crippen molar-refractivity contribution in [2.75, 3.05) is 6.54 Å². The van der Waals surface area contributed by atoms with Crippen LogP contribution in [0.2, 0.25) is 0 Å². The number of nitrogens with one attached hydrogen (secondary N) is 1. The minimum Gasteiger partial charge on any atom is -0.356 e. The lowest BCUT2D eigenvalue weighted by Gasteiger charge is -2.05. The maximum absolute atomic E-state index is 12.2. The van der Waals surface area contributed by atoms with Crippen LogP contribution in [0.15, 0.2) is 48.7 Å². The lowest BCUT2D eigenvalue weighted by Crippen LogP contribution is -2.26. The molecule has 0 atom stereocenters. The van der Waals surface area contributed by atoms with Crippen LogP contribution >= 0.6 is 0 Å². The lowest BCUT2D eigenvalue weighted by molar-refractivity contribution is -0.121. The van der Waals surface area contributed by atoms with Crippen molar-refractivity contribution in [3.63, 3.8) is 0 Å². The van der Waals surface area contributed by atoms with Gasteiger partial charge in [-0.3, -0.25) is 14.0 Å². The van der Waals surface area contributed by atoms with E-state index in [0.717, 1.165) is 17.9 Å². The third kappa shape index (κ3) is 4.33. The molecule has 2 heterocycles. The zero-order valence-corrected chi connectivity index (χ0v) is 14.8. The van der Waals surface area contributed by atoms with Gasteiger partial charge >= 0.3 is 0 Å². The van der Waals surface area contributed by atoms with Gasteiger partial charge in [0.1, 0.15) is 5.82 Å². The summed E-state index contributed by atoms with van der Waals surface area (Å²) in [4.78, 5) is 24.1. The van der Waals surface area contributed by atoms with Gasteiger partial charge in [0.2, 0.25) is 5.91 Å². The average molecular weight is 350 g/mol. The molecule has 3 aromatic rings. The van der Waals surface area contributed by atoms with E-state index < -0.39 is 0 Å². The number of carbonyl (C=O) groups is 2. The highest BCUT2D eigenvalue weighted by atomic mass is 16.2. The standard InChI is InChI=1S/C20H22N4O2/c1-2-15-6-8-16(9-7-15)17(25)10-11-20(26)21-13-12-19-23-22-18-5-3-4-14-24(18)19/h3-9,14H,2,10-13H2,1H3,(H,21,26). The van der Waals surface area contributed by atoms with E-state index >= 15 is 0 Å². The molecule has 0 radical (unpaired) electrons. The number of hydrogen-bond donors (Lipinski definition) is 1. The van der Waals surface area contributed by atoms with Gasteiger partial charge in [-0.2, -0.15) is 0 Å². The van der Waals surface area contributed by atoms with E-state index in [1.807, 2.05) is 53.1 Å². The highest BCUT2D eigenvalue weighted by Crippen LogP contribution is 2.09. The fraction of sp³-hybridized carbons (Fsp3) is 0.300. The van der Waals surface area contributed by atoms with Crippen LogP contribution in [0.3, 0.4) is 0 Å². The molecule has 0 aliphatic heterocycles. The third-order valence-corrected chi connectivity index (χ3v) is 4.32. The normalized spacial score (nSPS) is 10.8. The first-order valence-electron chi connectivity index (χ1n) is 8.85. The Morgan fingerprint density at radius 2 is 1.85 bits per heavy atom. The molecular formula is C20H22N4O2. The van der Waals surface area contributed by atoms with Crippen LogP contribution in [0, 0.1) is 0 Å². The van der Waals surface area contributed by atoms with E-state index in [1.165, 1.54) is 5.56 Å². The minimum absolute atomic E-state index is 0.00810.